The summed E-state index contributed by atoms with van der Waals surface area (Å²) >= 11 is 0. The molecule has 1 fully saturated rings. The van der Waals surface area contributed by atoms with Crippen LogP contribution in [0.25, 0.3) is 16.7 Å². The Bertz CT molecular complexity index is 1430. The van der Waals surface area contributed by atoms with E-state index in [4.69, 9.17) is 10.2 Å². The standard InChI is InChI=1S/C24H24N8O2/c1-31-13-17(9-27-31)28-23-21(22(25)33)29-19(10-26-23)16-11-32(12-16)24-30-18-7-6-15(8-20(18)34-24)14-4-2-3-5-14/h4,6-10,13,16H,2-3,5,11-12H2,1H3,(H2,25,33)(H,26,28). The quantitative estimate of drug-likeness (QED) is 0.452. The number of benzene rings is 1. The molecule has 4 aromatic rings. The largest absolute Gasteiger partial charge is 0.423 e. The maximum Gasteiger partial charge on any atom is 0.298 e. The zero-order valence-electron chi connectivity index (χ0n) is 18.7. The summed E-state index contributed by atoms with van der Waals surface area (Å²) in [7, 11) is 1.81. The number of nitrogens with one attached hydrogen (secondary N) is 1. The van der Waals surface area contributed by atoms with Gasteiger partial charge in [-0.2, -0.15) is 10.1 Å². The van der Waals surface area contributed by atoms with Gasteiger partial charge in [0.2, 0.25) is 0 Å². The Hall–Kier alpha value is -4.21. The fourth-order valence-corrected chi connectivity index (χ4v) is 4.49. The van der Waals surface area contributed by atoms with Crippen molar-refractivity contribution in [2.24, 2.45) is 12.8 Å². The summed E-state index contributed by atoms with van der Waals surface area (Å²) in [5.74, 6) is -0.219. The number of carbonyl (C=O) groups is 1. The summed E-state index contributed by atoms with van der Waals surface area (Å²) in [6, 6.07) is 6.82. The number of nitrogens with two attached hydrogens (primary N) is 1. The van der Waals surface area contributed by atoms with Crippen LogP contribution in [0.5, 0.6) is 0 Å². The van der Waals surface area contributed by atoms with E-state index in [1.54, 1.807) is 30.3 Å². The molecular weight excluding hydrogens is 432 g/mol. The molecule has 10 heteroatoms. The van der Waals surface area contributed by atoms with Crippen LogP contribution in [0.15, 0.2) is 47.3 Å². The van der Waals surface area contributed by atoms with E-state index in [-0.39, 0.29) is 11.6 Å². The lowest BCUT2D eigenvalue weighted by Crippen LogP contribution is -2.45. The van der Waals surface area contributed by atoms with Gasteiger partial charge in [-0.1, -0.05) is 12.1 Å². The van der Waals surface area contributed by atoms with E-state index in [1.807, 2.05) is 6.07 Å². The Balaban J connectivity index is 1.18. The number of primary amides is 1. The molecule has 1 saturated heterocycles. The van der Waals surface area contributed by atoms with Crippen LogP contribution < -0.4 is 16.0 Å². The van der Waals surface area contributed by atoms with Crippen LogP contribution in [-0.2, 0) is 7.05 Å². The van der Waals surface area contributed by atoms with Crippen molar-refractivity contribution >= 4 is 40.1 Å². The number of rotatable bonds is 6. The van der Waals surface area contributed by atoms with Gasteiger partial charge in [0.25, 0.3) is 11.9 Å². The smallest absolute Gasteiger partial charge is 0.298 e. The highest BCUT2D eigenvalue weighted by Crippen LogP contribution is 2.35. The highest BCUT2D eigenvalue weighted by molar-refractivity contribution is 5.96. The summed E-state index contributed by atoms with van der Waals surface area (Å²) in [4.78, 5) is 27.7. The number of aryl methyl sites for hydroxylation is 1. The number of carbonyl (C=O) groups excluding carboxylic acids is 1. The number of hydrogen-bond acceptors (Lipinski definition) is 8. The van der Waals surface area contributed by atoms with Crippen LogP contribution in [0.2, 0.25) is 0 Å². The summed E-state index contributed by atoms with van der Waals surface area (Å²) < 4.78 is 7.71. The van der Waals surface area contributed by atoms with Gasteiger partial charge in [-0.05, 0) is 42.5 Å². The first-order chi connectivity index (χ1) is 16.5. The van der Waals surface area contributed by atoms with E-state index < -0.39 is 5.91 Å². The number of fused-ring (bicyclic) bond motifs is 1. The van der Waals surface area contributed by atoms with Gasteiger partial charge >= 0.3 is 0 Å². The van der Waals surface area contributed by atoms with Crippen molar-refractivity contribution in [3.63, 3.8) is 0 Å². The van der Waals surface area contributed by atoms with Crippen LogP contribution in [0.4, 0.5) is 17.5 Å². The van der Waals surface area contributed by atoms with Crippen LogP contribution in [0.3, 0.4) is 0 Å². The van der Waals surface area contributed by atoms with Crippen molar-refractivity contribution in [3.8, 4) is 0 Å². The summed E-state index contributed by atoms with van der Waals surface area (Å²) in [5.41, 5.74) is 11.3. The third kappa shape index (κ3) is 3.66. The van der Waals surface area contributed by atoms with Gasteiger partial charge in [-0.3, -0.25) is 9.48 Å². The highest BCUT2D eigenvalue weighted by Gasteiger charge is 2.33. The molecule has 1 amide bonds. The number of oxazole rings is 1. The van der Waals surface area contributed by atoms with Gasteiger partial charge in [-0.25, -0.2) is 9.97 Å². The number of nitrogens with zero attached hydrogens (tertiary/aromatic N) is 6. The van der Waals surface area contributed by atoms with Crippen LogP contribution >= 0.6 is 0 Å². The van der Waals surface area contributed by atoms with Crippen molar-refractivity contribution in [2.75, 3.05) is 23.3 Å². The lowest BCUT2D eigenvalue weighted by Gasteiger charge is -2.37. The molecule has 1 aliphatic heterocycles. The molecule has 0 unspecified atom stereocenters. The van der Waals surface area contributed by atoms with Crippen molar-refractivity contribution in [1.29, 1.82) is 0 Å². The minimum absolute atomic E-state index is 0.104. The Morgan fingerprint density at radius 2 is 2.12 bits per heavy atom. The van der Waals surface area contributed by atoms with E-state index >= 15 is 0 Å². The molecule has 172 valence electrons. The van der Waals surface area contributed by atoms with Gasteiger partial charge in [0.05, 0.1) is 23.8 Å². The number of aromatic nitrogens is 5. The molecule has 2 aliphatic rings. The molecule has 3 aromatic heterocycles. The second-order valence-electron chi connectivity index (χ2n) is 8.79. The molecule has 0 radical (unpaired) electrons. The number of allylic oxidation sites excluding steroid dienone is 2. The lowest BCUT2D eigenvalue weighted by atomic mass is 9.97. The first-order valence-electron chi connectivity index (χ1n) is 11.3. The zero-order chi connectivity index (χ0) is 23.2. The maximum absolute atomic E-state index is 12.0. The minimum atomic E-state index is -0.635. The normalized spacial score (nSPS) is 16.0. The van der Waals surface area contributed by atoms with Gasteiger partial charge in [0.15, 0.2) is 17.1 Å². The second kappa shape index (κ2) is 7.98. The Kier molecular flexibility index (Phi) is 4.79. The third-order valence-electron chi connectivity index (χ3n) is 6.35. The molecular formula is C24H24N8O2. The van der Waals surface area contributed by atoms with Crippen LogP contribution in [0, 0.1) is 0 Å². The maximum atomic E-state index is 12.0. The highest BCUT2D eigenvalue weighted by atomic mass is 16.4. The molecule has 0 bridgehead atoms. The second-order valence-corrected chi connectivity index (χ2v) is 8.79. The molecule has 34 heavy (non-hydrogen) atoms. The number of hydrogen-bond donors (Lipinski definition) is 2. The fraction of sp³-hybridized carbons (Fsp3) is 0.292. The molecule has 0 spiro atoms. The van der Waals surface area contributed by atoms with E-state index in [9.17, 15) is 4.79 Å². The lowest BCUT2D eigenvalue weighted by molar-refractivity contribution is 0.0995. The predicted molar refractivity (Wildman–Crippen MR) is 128 cm³/mol. The van der Waals surface area contributed by atoms with E-state index in [0.29, 0.717) is 36.3 Å². The van der Waals surface area contributed by atoms with Crippen LogP contribution in [-0.4, -0.2) is 43.7 Å². The molecule has 0 atom stereocenters. The Morgan fingerprint density at radius 3 is 2.85 bits per heavy atom. The van der Waals surface area contributed by atoms with Crippen molar-refractivity contribution in [3.05, 3.63) is 59.8 Å². The predicted octanol–water partition coefficient (Wildman–Crippen LogP) is 3.36. The fourth-order valence-electron chi connectivity index (χ4n) is 4.49. The van der Waals surface area contributed by atoms with Gasteiger partial charge in [0, 0.05) is 32.3 Å². The van der Waals surface area contributed by atoms with Crippen molar-refractivity contribution < 1.29 is 9.21 Å². The average Bonchev–Trinajstić information content (AvgIpc) is 3.54. The summed E-state index contributed by atoms with van der Waals surface area (Å²) in [5, 5.41) is 7.15. The zero-order valence-corrected chi connectivity index (χ0v) is 18.7. The minimum Gasteiger partial charge on any atom is -0.423 e. The monoisotopic (exact) mass is 456 g/mol. The molecule has 1 aromatic carbocycles. The number of amides is 1. The summed E-state index contributed by atoms with van der Waals surface area (Å²) in [6.45, 7) is 1.35. The Morgan fingerprint density at radius 1 is 1.24 bits per heavy atom. The van der Waals surface area contributed by atoms with Gasteiger partial charge in [0.1, 0.15) is 5.52 Å². The van der Waals surface area contributed by atoms with E-state index in [2.05, 4.69) is 48.5 Å². The van der Waals surface area contributed by atoms with E-state index in [1.165, 1.54) is 17.6 Å². The van der Waals surface area contributed by atoms with Crippen molar-refractivity contribution in [1.82, 2.24) is 24.7 Å². The van der Waals surface area contributed by atoms with Crippen molar-refractivity contribution in [2.45, 2.75) is 25.2 Å². The first-order valence-corrected chi connectivity index (χ1v) is 11.3. The molecule has 6 rings (SSSR count). The SMILES string of the molecule is Cn1cc(Nc2ncc(C3CN(c4nc5ccc(C6=CCCC6)cc5o4)C3)nc2C(N)=O)cn1. The molecule has 4 heterocycles. The molecule has 10 nitrogen and oxygen atoms in total. The van der Waals surface area contributed by atoms with Crippen LogP contribution in [0.1, 0.15) is 46.9 Å². The topological polar surface area (TPSA) is 128 Å². The number of anilines is 3. The Labute approximate surface area is 195 Å². The third-order valence-corrected chi connectivity index (χ3v) is 6.35. The molecule has 3 N–H and O–H groups in total. The first kappa shape index (κ1) is 20.4. The average molecular weight is 457 g/mol. The molecule has 0 saturated carbocycles. The molecule has 1 aliphatic carbocycles. The summed E-state index contributed by atoms with van der Waals surface area (Å²) in [6.07, 6.45) is 10.9. The van der Waals surface area contributed by atoms with E-state index in [0.717, 1.165) is 23.9 Å². The van der Waals surface area contributed by atoms with Gasteiger partial charge in [-0.15, -0.1) is 0 Å². The van der Waals surface area contributed by atoms with Gasteiger partial charge < -0.3 is 20.4 Å².